The van der Waals surface area contributed by atoms with Gasteiger partial charge in [0, 0.05) is 62.9 Å². The number of rotatable bonds is 33. The third-order valence-corrected chi connectivity index (χ3v) is 20.7. The molecule has 6 saturated heterocycles. The molecule has 0 aromatic rings. The minimum atomic E-state index is -5.01. The average molecular weight is 1310 g/mol. The third-order valence-electron chi connectivity index (χ3n) is 16.7. The molecule has 2 amide bonds. The van der Waals surface area contributed by atoms with E-state index >= 15 is 0 Å². The van der Waals surface area contributed by atoms with Crippen LogP contribution in [-0.4, -0.2) is 294 Å². The number of nitrogens with zero attached hydrogens (tertiary/aromatic N) is 3. The van der Waals surface area contributed by atoms with E-state index in [2.05, 4.69) is 0 Å². The van der Waals surface area contributed by atoms with Gasteiger partial charge in [0.05, 0.1) is 107 Å². The summed E-state index contributed by atoms with van der Waals surface area (Å²) in [6, 6.07) is -2.50. The van der Waals surface area contributed by atoms with Crippen molar-refractivity contribution in [2.75, 3.05) is 85.6 Å². The van der Waals surface area contributed by atoms with E-state index in [0.717, 1.165) is 0 Å². The predicted molar refractivity (Wildman–Crippen MR) is 295 cm³/mol. The summed E-state index contributed by atoms with van der Waals surface area (Å²) in [4.78, 5) is 64.4. The predicted octanol–water partition coefficient (Wildman–Crippen LogP) is -2.15. The number of carbonyl (C=O) groups is 2. The number of amides is 2. The zero-order chi connectivity index (χ0) is 63.4. The molecule has 0 spiro atoms. The molecule has 9 unspecified atom stereocenters. The zero-order valence-corrected chi connectivity index (χ0v) is 52.0. The van der Waals surface area contributed by atoms with Crippen molar-refractivity contribution < 1.29 is 140 Å². The number of carbonyl (C=O) groups excluding carboxylic acids is 2. The SMILES string of the molecule is CC1[C@H](OCCCCN2C[C@H](OP(=O)(O)OC[C@@H]3C[C@@H](OP(=O)(O)OC[C@@H]4C[C@@H](O)CN4C(=O)CCCO[C@@H]4OC(CO)[C@H](O)[C@H](O)C4C)CN3C(=O)CCCO[C@@H]3OC(CO)[C@H](O)[C@H](O)C3C)C[C@H]2COP(=O)(O)C(C)C)OC(CO)[C@H](O)[C@@H]1O. The van der Waals surface area contributed by atoms with Crippen molar-refractivity contribution in [2.24, 2.45) is 17.8 Å². The van der Waals surface area contributed by atoms with Crippen LogP contribution in [0, 0.1) is 17.8 Å². The molecular weight excluding hydrogens is 1210 g/mol. The van der Waals surface area contributed by atoms with Gasteiger partial charge in [0.25, 0.3) is 0 Å². The fourth-order valence-corrected chi connectivity index (χ4v) is 13.9. The van der Waals surface area contributed by atoms with Gasteiger partial charge in [0.15, 0.2) is 18.9 Å². The van der Waals surface area contributed by atoms with Crippen LogP contribution in [-0.2, 0) is 74.3 Å². The van der Waals surface area contributed by atoms with Gasteiger partial charge in [-0.3, -0.25) is 37.1 Å². The maximum Gasteiger partial charge on any atom is 0.472 e. The first-order chi connectivity index (χ1) is 40.5. The summed E-state index contributed by atoms with van der Waals surface area (Å²) in [7, 11) is -14.1. The highest BCUT2D eigenvalue weighted by molar-refractivity contribution is 7.53. The number of likely N-dealkylation sites (tertiary alicyclic amines) is 3. The van der Waals surface area contributed by atoms with Gasteiger partial charge in [0.2, 0.25) is 11.8 Å². The van der Waals surface area contributed by atoms with Gasteiger partial charge in [-0.15, -0.1) is 0 Å². The van der Waals surface area contributed by atoms with E-state index in [9.17, 15) is 89.0 Å². The Morgan fingerprint density at radius 2 is 0.895 bits per heavy atom. The molecule has 0 aliphatic carbocycles. The summed E-state index contributed by atoms with van der Waals surface area (Å²) >= 11 is 0. The van der Waals surface area contributed by atoms with Crippen LogP contribution in [0.1, 0.15) is 92.4 Å². The normalized spacial score (nSPS) is 38.5. The van der Waals surface area contributed by atoms with E-state index in [-0.39, 0.29) is 91.0 Å². The number of hydrogen-bond acceptors (Lipinski definition) is 27. The standard InChI is InChI=1S/C51H94N3O29P3/c1-28(2)84(67,68)76-25-32-17-36(20-52(32)12-6-7-13-73-49-29(3)43(61)46(64)38(22-55)79-49)82-85(69,70)78-27-34-18-37(21-54(34)42(60)11-9-15-75-51-31(5)45(63)48(66)40(24-57)81-51)83-86(71,72)77-26-33-16-35(58)19-53(33)41(59)10-8-14-74-50-30(4)44(62)47(65)39(23-56)80-50/h28-40,43-51,55-58,61-66H,6-27H2,1-5H3,(H,67,68)(H,69,70)(H,71,72)/t29?,30?,31?,32-,33-,34-,35+,36+,37+,38?,39?,40?,43+,44+,45+,46-,47-,48-,49+,50+,51+/m0/s1. The molecule has 0 aromatic heterocycles. The molecule has 0 bridgehead atoms. The molecule has 24 atom stereocenters. The number of hydrogen-bond donors (Lipinski definition) is 13. The topological polar surface area (TPSA) is 460 Å². The van der Waals surface area contributed by atoms with Crippen molar-refractivity contribution in [1.82, 2.24) is 14.7 Å². The van der Waals surface area contributed by atoms with Gasteiger partial charge < -0.3 is 108 Å². The second-order valence-corrected chi connectivity index (χ2v) is 28.8. The summed E-state index contributed by atoms with van der Waals surface area (Å²) in [5, 5.41) is 101. The molecule has 35 heteroatoms. The van der Waals surface area contributed by atoms with E-state index < -0.39 is 202 Å². The Hall–Kier alpha value is -1.37. The first kappa shape index (κ1) is 73.7. The molecule has 32 nitrogen and oxygen atoms in total. The van der Waals surface area contributed by atoms with E-state index in [1.807, 2.05) is 4.90 Å². The lowest BCUT2D eigenvalue weighted by Crippen LogP contribution is -2.55. The zero-order valence-electron chi connectivity index (χ0n) is 49.3. The molecular formula is C51H94N3O29P3. The Balaban J connectivity index is 1.04. The van der Waals surface area contributed by atoms with Gasteiger partial charge in [0.1, 0.15) is 36.6 Å². The quantitative estimate of drug-likeness (QED) is 0.0246. The van der Waals surface area contributed by atoms with Crippen LogP contribution in [0.2, 0.25) is 0 Å². The first-order valence-electron chi connectivity index (χ1n) is 29.5. The van der Waals surface area contributed by atoms with Gasteiger partial charge >= 0.3 is 23.2 Å². The highest BCUT2D eigenvalue weighted by Crippen LogP contribution is 2.51. The number of aliphatic hydroxyl groups is 10. The first-order valence-corrected chi connectivity index (χ1v) is 34.1. The Morgan fingerprint density at radius 3 is 1.33 bits per heavy atom. The Labute approximate surface area is 500 Å². The number of phosphoric ester groups is 2. The number of ether oxygens (including phenoxy) is 6. The van der Waals surface area contributed by atoms with E-state index in [1.165, 1.54) is 23.6 Å². The van der Waals surface area contributed by atoms with Gasteiger partial charge in [-0.1, -0.05) is 34.6 Å². The van der Waals surface area contributed by atoms with Crippen molar-refractivity contribution in [1.29, 1.82) is 0 Å². The van der Waals surface area contributed by atoms with Crippen LogP contribution >= 0.6 is 23.2 Å². The van der Waals surface area contributed by atoms with E-state index in [0.29, 0.717) is 19.4 Å². The molecule has 6 rings (SSSR count). The van der Waals surface area contributed by atoms with Crippen molar-refractivity contribution in [3.05, 3.63) is 0 Å². The molecule has 6 aliphatic rings. The second kappa shape index (κ2) is 33.5. The van der Waals surface area contributed by atoms with Crippen LogP contribution in [0.25, 0.3) is 0 Å². The fraction of sp³-hybridized carbons (Fsp3) is 0.961. The highest BCUT2D eigenvalue weighted by atomic mass is 31.2. The largest absolute Gasteiger partial charge is 0.472 e. The van der Waals surface area contributed by atoms with Gasteiger partial charge in [-0.25, -0.2) is 9.13 Å². The van der Waals surface area contributed by atoms with Crippen LogP contribution in [0.3, 0.4) is 0 Å². The number of aliphatic hydroxyl groups excluding tert-OH is 10. The number of unbranched alkanes of at least 4 members (excludes halogenated alkanes) is 1. The maximum atomic E-state index is 14.0. The molecule has 0 radical (unpaired) electrons. The summed E-state index contributed by atoms with van der Waals surface area (Å²) in [5.74, 6) is -2.97. The van der Waals surface area contributed by atoms with Gasteiger partial charge in [-0.2, -0.15) is 0 Å². The molecule has 6 aliphatic heterocycles. The van der Waals surface area contributed by atoms with Crippen LogP contribution in [0.4, 0.5) is 0 Å². The maximum absolute atomic E-state index is 14.0. The Kier molecular flexibility index (Phi) is 28.7. The van der Waals surface area contributed by atoms with Crippen molar-refractivity contribution >= 4 is 35.1 Å². The van der Waals surface area contributed by atoms with E-state index in [4.69, 9.17) is 51.0 Å². The summed E-state index contributed by atoms with van der Waals surface area (Å²) < 4.78 is 102. The molecule has 86 heavy (non-hydrogen) atoms. The summed E-state index contributed by atoms with van der Waals surface area (Å²) in [5.41, 5.74) is -0.726. The third kappa shape index (κ3) is 20.3. The summed E-state index contributed by atoms with van der Waals surface area (Å²) in [6.07, 6.45) is -16.4. The molecule has 13 N–H and O–H groups in total. The minimum absolute atomic E-state index is 0.0112. The minimum Gasteiger partial charge on any atom is -0.394 e. The monoisotopic (exact) mass is 1310 g/mol. The molecule has 6 fully saturated rings. The second-order valence-electron chi connectivity index (χ2n) is 23.6. The van der Waals surface area contributed by atoms with Crippen molar-refractivity contribution in [3.8, 4) is 0 Å². The molecule has 0 aromatic carbocycles. The summed E-state index contributed by atoms with van der Waals surface area (Å²) in [6.45, 7) is 4.73. The van der Waals surface area contributed by atoms with Crippen LogP contribution < -0.4 is 0 Å². The lowest BCUT2D eigenvalue weighted by atomic mass is 9.92. The van der Waals surface area contributed by atoms with E-state index in [1.54, 1.807) is 20.8 Å². The fourth-order valence-electron chi connectivity index (χ4n) is 11.4. The molecule has 0 saturated carbocycles. The van der Waals surface area contributed by atoms with Crippen LogP contribution in [0.5, 0.6) is 0 Å². The smallest absolute Gasteiger partial charge is 0.394 e. The number of β-amino-alcohol motifs (C(OH)–C–C–N with tert-alkyl or cyclic N) is 1. The number of phosphoric acid groups is 2. The molecule has 502 valence electrons. The van der Waals surface area contributed by atoms with Crippen molar-refractivity contribution in [3.63, 3.8) is 0 Å². The lowest BCUT2D eigenvalue weighted by Gasteiger charge is -2.40. The average Bonchev–Trinajstić information content (AvgIpc) is 4.15. The van der Waals surface area contributed by atoms with Gasteiger partial charge in [-0.05, 0) is 51.5 Å². The highest BCUT2D eigenvalue weighted by Gasteiger charge is 2.47. The Morgan fingerprint density at radius 1 is 0.512 bits per heavy atom. The Bertz CT molecular complexity index is 2250. The molecule has 6 heterocycles. The van der Waals surface area contributed by atoms with Crippen molar-refractivity contribution in [2.45, 2.75) is 208 Å². The lowest BCUT2D eigenvalue weighted by molar-refractivity contribution is -0.282. The van der Waals surface area contributed by atoms with Crippen LogP contribution in [0.15, 0.2) is 0 Å².